The van der Waals surface area contributed by atoms with Crippen molar-refractivity contribution in [3.63, 3.8) is 0 Å². The molecule has 19 heavy (non-hydrogen) atoms. The molecule has 7 nitrogen and oxygen atoms in total. The maximum atomic E-state index is 9.13. The monoisotopic (exact) mass is 488 g/mol. The predicted molar refractivity (Wildman–Crippen MR) is 72.7 cm³/mol. The predicted octanol–water partition coefficient (Wildman–Crippen LogP) is -2.31. The normalized spacial score (nSPS) is 23.5. The Morgan fingerprint density at radius 3 is 3.05 bits per heavy atom. The Balaban J connectivity index is 2.03. The number of rotatable bonds is 3. The van der Waals surface area contributed by atoms with Crippen LogP contribution in [0.15, 0.2) is 6.33 Å². The van der Waals surface area contributed by atoms with Crippen molar-refractivity contribution in [3.8, 4) is 0 Å². The van der Waals surface area contributed by atoms with Gasteiger partial charge < -0.3 is 0 Å². The van der Waals surface area contributed by atoms with E-state index < -0.39 is 0 Å². The van der Waals surface area contributed by atoms with Crippen LogP contribution in [0.25, 0.3) is 11.2 Å². The molecule has 3 rings (SSSR count). The Morgan fingerprint density at radius 2 is 2.37 bits per heavy atom. The molecular weight excluding hydrogens is 476 g/mol. The quantitative estimate of drug-likeness (QED) is 0.373. The van der Waals surface area contributed by atoms with Crippen molar-refractivity contribution in [1.29, 1.82) is 0 Å². The number of aliphatic hydroxyl groups is 1. The Morgan fingerprint density at radius 1 is 1.53 bits per heavy atom. The molecule has 0 spiro atoms. The number of fused-ring (bicyclic) bond motifs is 1. The van der Waals surface area contributed by atoms with E-state index in [2.05, 4.69) is 33.6 Å². The van der Waals surface area contributed by atoms with Gasteiger partial charge in [0.25, 0.3) is 0 Å². The van der Waals surface area contributed by atoms with Crippen molar-refractivity contribution in [2.24, 2.45) is 0 Å². The second kappa shape index (κ2) is 5.61. The molecule has 2 atom stereocenters. The van der Waals surface area contributed by atoms with E-state index in [9.17, 15) is 0 Å². The Hall–Kier alpha value is -0.270. The number of ether oxygens (including phenoxy) is 1. The van der Waals surface area contributed by atoms with Gasteiger partial charge in [-0.25, -0.2) is 0 Å². The number of aromatic nitrogens is 4. The summed E-state index contributed by atoms with van der Waals surface area (Å²) >= 11 is 2.10. The van der Waals surface area contributed by atoms with Gasteiger partial charge in [-0.1, -0.05) is 0 Å². The van der Waals surface area contributed by atoms with Crippen LogP contribution < -0.4 is 23.0 Å². The summed E-state index contributed by atoms with van der Waals surface area (Å²) in [6.07, 6.45) is 3.18. The molecule has 0 aliphatic carbocycles. The number of nitrogen functional groups attached to an aromatic ring is 1. The summed E-state index contributed by atoms with van der Waals surface area (Å²) in [5.74, 6) is 0.275. The van der Waals surface area contributed by atoms with Gasteiger partial charge in [-0.15, -0.1) is 0 Å². The van der Waals surface area contributed by atoms with Gasteiger partial charge in [-0.2, -0.15) is 0 Å². The van der Waals surface area contributed by atoms with Crippen LogP contribution in [-0.2, 0) is 4.74 Å². The molecule has 1 saturated heterocycles. The van der Waals surface area contributed by atoms with Gasteiger partial charge in [0.05, 0.1) is 0 Å². The average Bonchev–Trinajstić information content (AvgIpc) is 3.03. The number of nitrogens with zero attached hydrogens (tertiary/aromatic N) is 4. The van der Waals surface area contributed by atoms with Crippen molar-refractivity contribution < 1.29 is 27.1 Å². The standard InChI is InChI=1S/C10H12I2N5O2/c11-12-8-7-9(16-10(13)15-8)17(4-14-7)6-2-1-5(3-18)19-6/h4-6,18H,1-3H2,(H2,13,15,16)/q-1/t5-,6+/m0/s1. The topological polar surface area (TPSA) is 99.1 Å². The van der Waals surface area contributed by atoms with Crippen molar-refractivity contribution >= 4 is 35.7 Å². The third-order valence-corrected chi connectivity index (χ3v) is 6.79. The molecule has 3 heterocycles. The summed E-state index contributed by atoms with van der Waals surface area (Å²) in [6.45, 7) is 0.0464. The number of hydrogen-bond acceptors (Lipinski definition) is 6. The first kappa shape index (κ1) is 13.7. The molecular formula is C10H12I2N5O2-. The first-order valence-corrected chi connectivity index (χ1v) is 13.1. The van der Waals surface area contributed by atoms with E-state index in [1.54, 1.807) is 6.33 Å². The van der Waals surface area contributed by atoms with E-state index in [1.807, 2.05) is 4.57 Å². The fourth-order valence-electron chi connectivity index (χ4n) is 2.18. The molecule has 1 fully saturated rings. The molecule has 0 saturated carbocycles. The summed E-state index contributed by atoms with van der Waals surface area (Å²) in [4.78, 5) is 12.9. The summed E-state index contributed by atoms with van der Waals surface area (Å²) < 4.78 is 8.59. The number of imidazole rings is 1. The van der Waals surface area contributed by atoms with Crippen LogP contribution in [0, 0.1) is 3.70 Å². The minimum absolute atomic E-state index is 0.0464. The summed E-state index contributed by atoms with van der Waals surface area (Å²) in [5, 5.41) is 9.13. The molecule has 104 valence electrons. The van der Waals surface area contributed by atoms with Crippen LogP contribution in [0.5, 0.6) is 0 Å². The second-order valence-corrected chi connectivity index (χ2v) is 8.41. The Bertz CT molecular complexity index is 605. The van der Waals surface area contributed by atoms with Gasteiger partial charge in [0, 0.05) is 0 Å². The van der Waals surface area contributed by atoms with Gasteiger partial charge in [0.2, 0.25) is 0 Å². The summed E-state index contributed by atoms with van der Waals surface area (Å²) in [5.41, 5.74) is 7.29. The zero-order chi connectivity index (χ0) is 13.4. The average molecular weight is 488 g/mol. The zero-order valence-electron chi connectivity index (χ0n) is 9.83. The van der Waals surface area contributed by atoms with E-state index in [1.165, 1.54) is 0 Å². The first-order chi connectivity index (χ1) is 9.22. The maximum absolute atomic E-state index is 9.13. The Kier molecular flexibility index (Phi) is 4.05. The molecule has 2 aromatic heterocycles. The van der Waals surface area contributed by atoms with Crippen molar-refractivity contribution in [2.75, 3.05) is 12.3 Å². The summed E-state index contributed by atoms with van der Waals surface area (Å²) in [6, 6.07) is 0. The van der Waals surface area contributed by atoms with Gasteiger partial charge >= 0.3 is 130 Å². The Labute approximate surface area is 129 Å². The number of aliphatic hydroxyl groups excluding tert-OH is 1. The van der Waals surface area contributed by atoms with Crippen LogP contribution in [0.2, 0.25) is 0 Å². The van der Waals surface area contributed by atoms with Crippen LogP contribution in [-0.4, -0.2) is 37.3 Å². The molecule has 2 aromatic rings. The molecule has 1 aliphatic rings. The molecule has 9 heteroatoms. The molecule has 3 N–H and O–H groups in total. The molecule has 0 aromatic carbocycles. The van der Waals surface area contributed by atoms with E-state index in [4.69, 9.17) is 15.6 Å². The molecule has 0 unspecified atom stereocenters. The fourth-order valence-corrected chi connectivity index (χ4v) is 5.00. The van der Waals surface area contributed by atoms with Crippen LogP contribution in [0.1, 0.15) is 19.1 Å². The van der Waals surface area contributed by atoms with Crippen molar-refractivity contribution in [1.82, 2.24) is 19.5 Å². The van der Waals surface area contributed by atoms with Crippen molar-refractivity contribution in [3.05, 3.63) is 10.0 Å². The molecule has 0 radical (unpaired) electrons. The van der Waals surface area contributed by atoms with E-state index in [0.29, 0.717) is 0 Å². The van der Waals surface area contributed by atoms with Gasteiger partial charge in [-0.05, 0) is 0 Å². The van der Waals surface area contributed by atoms with Gasteiger partial charge in [0.1, 0.15) is 0 Å². The SMILES string of the molecule is Nc1nc([I-]I)c2ncn([C@H]3CC[C@@H](CO)O3)c2n1. The first-order valence-electron chi connectivity index (χ1n) is 5.75. The molecule has 0 bridgehead atoms. The van der Waals surface area contributed by atoms with Crippen LogP contribution in [0.4, 0.5) is 5.95 Å². The molecule has 1 aliphatic heterocycles. The fraction of sp³-hybridized carbons (Fsp3) is 0.500. The van der Waals surface area contributed by atoms with Crippen molar-refractivity contribution in [2.45, 2.75) is 25.2 Å². The third kappa shape index (κ3) is 2.52. The van der Waals surface area contributed by atoms with E-state index in [0.717, 1.165) is 27.7 Å². The van der Waals surface area contributed by atoms with Gasteiger partial charge in [-0.3, -0.25) is 0 Å². The van der Waals surface area contributed by atoms with Crippen LogP contribution in [0.3, 0.4) is 0 Å². The van der Waals surface area contributed by atoms with E-state index >= 15 is 0 Å². The zero-order valence-corrected chi connectivity index (χ0v) is 14.1. The summed E-state index contributed by atoms with van der Waals surface area (Å²) in [7, 11) is 0. The third-order valence-electron chi connectivity index (χ3n) is 3.06. The minimum atomic E-state index is -0.239. The van der Waals surface area contributed by atoms with E-state index in [-0.39, 0.29) is 42.1 Å². The molecule has 0 amide bonds. The van der Waals surface area contributed by atoms with Gasteiger partial charge in [0.15, 0.2) is 0 Å². The van der Waals surface area contributed by atoms with Crippen LogP contribution >= 0.6 is 18.6 Å². The number of hydrogen-bond donors (Lipinski definition) is 2. The number of halogens is 2. The number of nitrogens with two attached hydrogens (primary N) is 1. The number of anilines is 1. The second-order valence-electron chi connectivity index (χ2n) is 4.24.